The number of hydrogen-bond acceptors (Lipinski definition) is 3. The second-order valence-electron chi connectivity index (χ2n) is 7.25. The Labute approximate surface area is 175 Å². The van der Waals surface area contributed by atoms with Gasteiger partial charge in [0.1, 0.15) is 6.61 Å². The van der Waals surface area contributed by atoms with Crippen molar-refractivity contribution in [3.05, 3.63) is 94.5 Å². The molecule has 5 heteroatoms. The zero-order chi connectivity index (χ0) is 20.4. The molecule has 4 nitrogen and oxygen atoms in total. The monoisotopic (exact) mass is 407 g/mol. The molecule has 1 aliphatic rings. The summed E-state index contributed by atoms with van der Waals surface area (Å²) in [5.41, 5.74) is 5.43. The lowest BCUT2D eigenvalue weighted by Gasteiger charge is -2.22. The van der Waals surface area contributed by atoms with Gasteiger partial charge in [0, 0.05) is 18.0 Å². The third kappa shape index (κ3) is 4.00. The summed E-state index contributed by atoms with van der Waals surface area (Å²) in [6, 6.07) is 23.4. The fourth-order valence-corrected chi connectivity index (χ4v) is 3.95. The number of hydrogen-bond donors (Lipinski definition) is 1. The maximum Gasteiger partial charge on any atom is 0.409 e. The molecule has 0 aromatic heterocycles. The van der Waals surface area contributed by atoms with Gasteiger partial charge in [0.15, 0.2) is 0 Å². The summed E-state index contributed by atoms with van der Waals surface area (Å²) in [5.74, 6) is 0.0148. The molecule has 1 aliphatic carbocycles. The van der Waals surface area contributed by atoms with Crippen LogP contribution >= 0.6 is 11.6 Å². The summed E-state index contributed by atoms with van der Waals surface area (Å²) >= 11 is 5.88. The number of aliphatic hydroxyl groups is 1. The van der Waals surface area contributed by atoms with Gasteiger partial charge in [-0.15, -0.1) is 0 Å². The number of rotatable bonds is 5. The van der Waals surface area contributed by atoms with Crippen molar-refractivity contribution in [1.29, 1.82) is 0 Å². The molecule has 29 heavy (non-hydrogen) atoms. The van der Waals surface area contributed by atoms with Gasteiger partial charge in [-0.3, -0.25) is 0 Å². The molecule has 1 N–H and O–H groups in total. The summed E-state index contributed by atoms with van der Waals surface area (Å²) in [6.07, 6.45) is -1.27. The molecule has 3 aromatic rings. The SMILES string of the molecule is CN(CC(O)c1ccc(Cl)cc1)C(=O)OCC1c2ccccc2-c2ccccc21. The summed E-state index contributed by atoms with van der Waals surface area (Å²) < 4.78 is 5.61. The first-order chi connectivity index (χ1) is 14.0. The molecule has 0 saturated carbocycles. The largest absolute Gasteiger partial charge is 0.448 e. The van der Waals surface area contributed by atoms with E-state index in [9.17, 15) is 9.90 Å². The van der Waals surface area contributed by atoms with Crippen LogP contribution in [0.25, 0.3) is 11.1 Å². The Bertz CT molecular complexity index is 973. The van der Waals surface area contributed by atoms with Gasteiger partial charge in [-0.2, -0.15) is 0 Å². The smallest absolute Gasteiger partial charge is 0.409 e. The molecular weight excluding hydrogens is 386 g/mol. The standard InChI is InChI=1S/C24H22ClNO3/c1-26(14-23(27)16-10-12-17(25)13-11-16)24(28)29-15-22-20-8-4-2-6-18(20)19-7-3-5-9-21(19)22/h2-13,22-23,27H,14-15H2,1H3. The number of carbonyl (C=O) groups is 1. The van der Waals surface area contributed by atoms with Crippen LogP contribution in [0.15, 0.2) is 72.8 Å². The number of fused-ring (bicyclic) bond motifs is 3. The van der Waals surface area contributed by atoms with Gasteiger partial charge in [0.25, 0.3) is 0 Å². The van der Waals surface area contributed by atoms with Gasteiger partial charge in [0.2, 0.25) is 0 Å². The zero-order valence-electron chi connectivity index (χ0n) is 16.1. The lowest BCUT2D eigenvalue weighted by molar-refractivity contribution is 0.0814. The Morgan fingerprint density at radius 3 is 2.14 bits per heavy atom. The van der Waals surface area contributed by atoms with E-state index in [1.54, 1.807) is 31.3 Å². The number of halogens is 1. The molecule has 4 rings (SSSR count). The first kappa shape index (κ1) is 19.5. The van der Waals surface area contributed by atoms with E-state index in [0.29, 0.717) is 10.6 Å². The maximum atomic E-state index is 12.5. The average Bonchev–Trinajstić information content (AvgIpc) is 3.06. The van der Waals surface area contributed by atoms with Crippen molar-refractivity contribution in [2.24, 2.45) is 0 Å². The molecule has 3 aromatic carbocycles. The summed E-state index contributed by atoms with van der Waals surface area (Å²) in [5, 5.41) is 11.0. The molecule has 148 valence electrons. The molecule has 0 saturated heterocycles. The van der Waals surface area contributed by atoms with E-state index in [1.807, 2.05) is 24.3 Å². The van der Waals surface area contributed by atoms with Crippen LogP contribution in [-0.2, 0) is 4.74 Å². The minimum absolute atomic E-state index is 0.0148. The molecule has 0 spiro atoms. The number of benzene rings is 3. The van der Waals surface area contributed by atoms with Crippen molar-refractivity contribution >= 4 is 17.7 Å². The van der Waals surface area contributed by atoms with E-state index in [-0.39, 0.29) is 19.1 Å². The summed E-state index contributed by atoms with van der Waals surface area (Å²) in [7, 11) is 1.62. The van der Waals surface area contributed by atoms with Gasteiger partial charge < -0.3 is 14.7 Å². The molecule has 0 heterocycles. The molecule has 0 bridgehead atoms. The van der Waals surface area contributed by atoms with Crippen LogP contribution in [0.3, 0.4) is 0 Å². The molecule has 1 unspecified atom stereocenters. The lowest BCUT2D eigenvalue weighted by Crippen LogP contribution is -2.32. The van der Waals surface area contributed by atoms with E-state index in [1.165, 1.54) is 27.2 Å². The second-order valence-corrected chi connectivity index (χ2v) is 7.69. The normalized spacial score (nSPS) is 13.5. The Morgan fingerprint density at radius 2 is 1.55 bits per heavy atom. The minimum atomic E-state index is -0.808. The molecule has 0 aliphatic heterocycles. The quantitative estimate of drug-likeness (QED) is 0.628. The Balaban J connectivity index is 1.41. The van der Waals surface area contributed by atoms with Gasteiger partial charge >= 0.3 is 6.09 Å². The summed E-state index contributed by atoms with van der Waals surface area (Å²) in [4.78, 5) is 13.9. The van der Waals surface area contributed by atoms with E-state index in [0.717, 1.165) is 0 Å². The zero-order valence-corrected chi connectivity index (χ0v) is 16.8. The number of nitrogens with zero attached hydrogens (tertiary/aromatic N) is 1. The first-order valence-corrected chi connectivity index (χ1v) is 9.92. The second kappa shape index (κ2) is 8.27. The molecule has 1 amide bonds. The Morgan fingerprint density at radius 1 is 1.00 bits per heavy atom. The van der Waals surface area contributed by atoms with Crippen molar-refractivity contribution in [3.8, 4) is 11.1 Å². The van der Waals surface area contributed by atoms with Crippen LogP contribution in [0.1, 0.15) is 28.7 Å². The highest BCUT2D eigenvalue weighted by Gasteiger charge is 2.29. The van der Waals surface area contributed by atoms with Gasteiger partial charge in [-0.05, 0) is 39.9 Å². The van der Waals surface area contributed by atoms with Crippen LogP contribution in [-0.4, -0.2) is 36.3 Å². The van der Waals surface area contributed by atoms with Crippen LogP contribution in [0.5, 0.6) is 0 Å². The molecular formula is C24H22ClNO3. The number of carbonyl (C=O) groups excluding carboxylic acids is 1. The van der Waals surface area contributed by atoms with E-state index >= 15 is 0 Å². The van der Waals surface area contributed by atoms with Crippen LogP contribution in [0.4, 0.5) is 4.79 Å². The van der Waals surface area contributed by atoms with E-state index < -0.39 is 12.2 Å². The number of ether oxygens (including phenoxy) is 1. The van der Waals surface area contributed by atoms with Crippen LogP contribution < -0.4 is 0 Å². The number of likely N-dealkylation sites (N-methyl/N-ethyl adjacent to an activating group) is 1. The van der Waals surface area contributed by atoms with E-state index in [4.69, 9.17) is 16.3 Å². The van der Waals surface area contributed by atoms with Crippen molar-refractivity contribution in [1.82, 2.24) is 4.90 Å². The Hall–Kier alpha value is -2.82. The Kier molecular flexibility index (Phi) is 5.56. The third-order valence-corrected chi connectivity index (χ3v) is 5.60. The first-order valence-electron chi connectivity index (χ1n) is 9.54. The predicted octanol–water partition coefficient (Wildman–Crippen LogP) is 5.25. The van der Waals surface area contributed by atoms with Crippen molar-refractivity contribution in [3.63, 3.8) is 0 Å². The highest BCUT2D eigenvalue weighted by molar-refractivity contribution is 6.30. The van der Waals surface area contributed by atoms with Gasteiger partial charge in [-0.25, -0.2) is 4.79 Å². The fraction of sp³-hybridized carbons (Fsp3) is 0.208. The molecule has 0 fully saturated rings. The predicted molar refractivity (Wildman–Crippen MR) is 114 cm³/mol. The van der Waals surface area contributed by atoms with Crippen molar-refractivity contribution in [2.75, 3.05) is 20.2 Å². The van der Waals surface area contributed by atoms with Crippen LogP contribution in [0.2, 0.25) is 5.02 Å². The third-order valence-electron chi connectivity index (χ3n) is 5.35. The fourth-order valence-electron chi connectivity index (χ4n) is 3.83. The highest BCUT2D eigenvalue weighted by Crippen LogP contribution is 2.44. The average molecular weight is 408 g/mol. The number of amides is 1. The minimum Gasteiger partial charge on any atom is -0.448 e. The van der Waals surface area contributed by atoms with E-state index in [2.05, 4.69) is 24.3 Å². The lowest BCUT2D eigenvalue weighted by atomic mass is 9.98. The highest BCUT2D eigenvalue weighted by atomic mass is 35.5. The summed E-state index contributed by atoms with van der Waals surface area (Å²) in [6.45, 7) is 0.395. The van der Waals surface area contributed by atoms with Gasteiger partial charge in [0.05, 0.1) is 12.6 Å². The van der Waals surface area contributed by atoms with Crippen molar-refractivity contribution in [2.45, 2.75) is 12.0 Å². The number of aliphatic hydroxyl groups excluding tert-OH is 1. The maximum absolute atomic E-state index is 12.5. The van der Waals surface area contributed by atoms with Crippen LogP contribution in [0, 0.1) is 0 Å². The topological polar surface area (TPSA) is 49.8 Å². The molecule has 1 atom stereocenters. The van der Waals surface area contributed by atoms with Gasteiger partial charge in [-0.1, -0.05) is 72.3 Å². The van der Waals surface area contributed by atoms with Crippen molar-refractivity contribution < 1.29 is 14.6 Å². The molecule has 0 radical (unpaired) electrons.